The first kappa shape index (κ1) is 13.9. The van der Waals surface area contributed by atoms with Crippen molar-refractivity contribution in [2.75, 3.05) is 13.1 Å². The van der Waals surface area contributed by atoms with E-state index in [4.69, 9.17) is 9.47 Å². The Morgan fingerprint density at radius 3 is 2.62 bits per heavy atom. The smallest absolute Gasteiger partial charge is 0.251 e. The highest BCUT2D eigenvalue weighted by Crippen LogP contribution is 2.48. The summed E-state index contributed by atoms with van der Waals surface area (Å²) < 4.78 is 13.5. The van der Waals surface area contributed by atoms with Gasteiger partial charge in [-0.15, -0.1) is 0 Å². The number of ether oxygens (including phenoxy) is 2. The van der Waals surface area contributed by atoms with Crippen LogP contribution < -0.4 is 14.8 Å². The van der Waals surface area contributed by atoms with Gasteiger partial charge in [0, 0.05) is 17.3 Å². The van der Waals surface area contributed by atoms with E-state index in [1.165, 1.54) is 37.8 Å². The molecule has 3 aliphatic rings. The molecule has 1 aromatic carbocycles. The van der Waals surface area contributed by atoms with Crippen LogP contribution in [0, 0.1) is 5.92 Å². The highest BCUT2D eigenvalue weighted by atomic mass is 79.9. The molecule has 1 aromatic rings. The number of piperidine rings is 1. The van der Waals surface area contributed by atoms with Crippen molar-refractivity contribution < 1.29 is 9.47 Å². The molecule has 3 nitrogen and oxygen atoms in total. The number of rotatable bonds is 2. The maximum atomic E-state index is 6.18. The van der Waals surface area contributed by atoms with Crippen LogP contribution in [0.5, 0.6) is 11.5 Å². The van der Waals surface area contributed by atoms with Gasteiger partial charge >= 0.3 is 0 Å². The van der Waals surface area contributed by atoms with Crippen LogP contribution in [0.3, 0.4) is 0 Å². The van der Waals surface area contributed by atoms with Gasteiger partial charge in [-0.2, -0.15) is 0 Å². The highest BCUT2D eigenvalue weighted by molar-refractivity contribution is 9.10. The average Bonchev–Trinajstić information content (AvgIpc) is 3.07. The lowest BCUT2D eigenvalue weighted by atomic mass is 9.92. The fourth-order valence-corrected chi connectivity index (χ4v) is 4.33. The van der Waals surface area contributed by atoms with Crippen molar-refractivity contribution in [2.24, 2.45) is 5.92 Å². The maximum Gasteiger partial charge on any atom is 0.251 e. The molecular formula is C17H22BrNO2. The topological polar surface area (TPSA) is 30.5 Å². The molecule has 114 valence electrons. The van der Waals surface area contributed by atoms with Crippen LogP contribution in [-0.4, -0.2) is 18.9 Å². The van der Waals surface area contributed by atoms with E-state index in [0.29, 0.717) is 0 Å². The van der Waals surface area contributed by atoms with Crippen LogP contribution in [0.1, 0.15) is 44.1 Å². The summed E-state index contributed by atoms with van der Waals surface area (Å²) in [5.41, 5.74) is 1.35. The molecule has 2 fully saturated rings. The summed E-state index contributed by atoms with van der Waals surface area (Å²) in [6, 6.07) is 4.30. The molecule has 0 aromatic heterocycles. The fourth-order valence-electron chi connectivity index (χ4n) is 3.84. The van der Waals surface area contributed by atoms with Crippen molar-refractivity contribution in [1.82, 2.24) is 5.32 Å². The predicted octanol–water partition coefficient (Wildman–Crippen LogP) is 4.03. The molecular weight excluding hydrogens is 330 g/mol. The van der Waals surface area contributed by atoms with Crippen molar-refractivity contribution in [3.8, 4) is 11.5 Å². The van der Waals surface area contributed by atoms with Gasteiger partial charge in [-0.1, -0.05) is 15.9 Å². The average molecular weight is 352 g/mol. The quantitative estimate of drug-likeness (QED) is 0.872. The first-order valence-electron chi connectivity index (χ1n) is 8.15. The number of benzene rings is 1. The Kier molecular flexibility index (Phi) is 3.62. The van der Waals surface area contributed by atoms with E-state index in [-0.39, 0.29) is 5.79 Å². The lowest BCUT2D eigenvalue weighted by molar-refractivity contribution is -0.0716. The minimum Gasteiger partial charge on any atom is -0.448 e. The molecule has 2 aliphatic heterocycles. The van der Waals surface area contributed by atoms with Gasteiger partial charge in [0.2, 0.25) is 0 Å². The minimum atomic E-state index is -0.354. The van der Waals surface area contributed by atoms with Crippen LogP contribution in [0.4, 0.5) is 0 Å². The number of hydrogen-bond donors (Lipinski definition) is 1. The van der Waals surface area contributed by atoms with E-state index in [9.17, 15) is 0 Å². The van der Waals surface area contributed by atoms with E-state index >= 15 is 0 Å². The number of hydrogen-bond acceptors (Lipinski definition) is 3. The van der Waals surface area contributed by atoms with Gasteiger partial charge in [0.05, 0.1) is 0 Å². The summed E-state index contributed by atoms with van der Waals surface area (Å²) in [4.78, 5) is 0. The Morgan fingerprint density at radius 1 is 1.14 bits per heavy atom. The van der Waals surface area contributed by atoms with Gasteiger partial charge in [0.25, 0.3) is 5.79 Å². The second-order valence-corrected chi connectivity index (χ2v) is 7.48. The first-order valence-corrected chi connectivity index (χ1v) is 8.95. The number of fused-ring (bicyclic) bond motifs is 1. The van der Waals surface area contributed by atoms with Crippen molar-refractivity contribution in [3.63, 3.8) is 0 Å². The normalized spacial score (nSPS) is 26.4. The van der Waals surface area contributed by atoms with Crippen LogP contribution in [0.15, 0.2) is 16.6 Å². The van der Waals surface area contributed by atoms with E-state index in [0.717, 1.165) is 47.7 Å². The molecule has 1 unspecified atom stereocenters. The largest absolute Gasteiger partial charge is 0.448 e. The van der Waals surface area contributed by atoms with Gasteiger partial charge in [-0.3, -0.25) is 0 Å². The zero-order valence-electron chi connectivity index (χ0n) is 12.3. The van der Waals surface area contributed by atoms with E-state index in [2.05, 4.69) is 33.4 Å². The molecule has 1 saturated carbocycles. The molecule has 4 heteroatoms. The molecule has 0 bridgehead atoms. The third-order valence-corrected chi connectivity index (χ3v) is 5.72. The number of nitrogens with one attached hydrogen (secondary N) is 1. The van der Waals surface area contributed by atoms with E-state index in [1.54, 1.807) is 0 Å². The van der Waals surface area contributed by atoms with Gasteiger partial charge in [-0.05, 0) is 68.8 Å². The van der Waals surface area contributed by atoms with E-state index in [1.807, 2.05) is 0 Å². The molecule has 1 saturated heterocycles. The van der Waals surface area contributed by atoms with Crippen LogP contribution >= 0.6 is 15.9 Å². The van der Waals surface area contributed by atoms with Crippen molar-refractivity contribution in [3.05, 3.63) is 22.2 Å². The lowest BCUT2D eigenvalue weighted by Gasteiger charge is -2.23. The summed E-state index contributed by atoms with van der Waals surface area (Å²) in [6.07, 6.45) is 8.15. The summed E-state index contributed by atoms with van der Waals surface area (Å²) >= 11 is 3.72. The third kappa shape index (κ3) is 2.68. The SMILES string of the molecule is Brc1cc2c(cc1CC1CCCNC1)OC1(CCCC1)O2. The van der Waals surface area contributed by atoms with Crippen LogP contribution in [0.2, 0.25) is 0 Å². The Hall–Kier alpha value is -0.740. The number of halogens is 1. The van der Waals surface area contributed by atoms with Gasteiger partial charge in [-0.25, -0.2) is 0 Å². The van der Waals surface area contributed by atoms with Crippen molar-refractivity contribution in [1.29, 1.82) is 0 Å². The molecule has 1 N–H and O–H groups in total. The summed E-state index contributed by atoms with van der Waals surface area (Å²) in [6.45, 7) is 2.30. The molecule has 2 heterocycles. The molecule has 4 rings (SSSR count). The third-order valence-electron chi connectivity index (χ3n) is 4.98. The maximum absolute atomic E-state index is 6.18. The minimum absolute atomic E-state index is 0.354. The first-order chi connectivity index (χ1) is 10.2. The Balaban J connectivity index is 1.54. The molecule has 21 heavy (non-hydrogen) atoms. The standard InChI is InChI=1S/C17H22BrNO2/c18-14-10-16-15(20-17(21-16)5-1-2-6-17)9-13(14)8-12-4-3-7-19-11-12/h9-10,12,19H,1-8,11H2. The molecule has 1 aliphatic carbocycles. The van der Waals surface area contributed by atoms with Crippen molar-refractivity contribution >= 4 is 15.9 Å². The highest BCUT2D eigenvalue weighted by Gasteiger charge is 2.44. The van der Waals surface area contributed by atoms with E-state index < -0.39 is 0 Å². The van der Waals surface area contributed by atoms with Crippen molar-refractivity contribution in [2.45, 2.75) is 50.7 Å². The Bertz CT molecular complexity index is 534. The second kappa shape index (κ2) is 5.47. The van der Waals surface area contributed by atoms with Gasteiger partial charge in [0.15, 0.2) is 11.5 Å². The van der Waals surface area contributed by atoms with Gasteiger partial charge < -0.3 is 14.8 Å². The zero-order chi connectivity index (χ0) is 14.3. The molecule has 1 spiro atoms. The molecule has 0 amide bonds. The Morgan fingerprint density at radius 2 is 1.90 bits per heavy atom. The molecule has 1 atom stereocenters. The van der Waals surface area contributed by atoms with Crippen LogP contribution in [0.25, 0.3) is 0 Å². The zero-order valence-corrected chi connectivity index (χ0v) is 13.9. The summed E-state index contributed by atoms with van der Waals surface area (Å²) in [5.74, 6) is 2.23. The Labute approximate surface area is 134 Å². The molecule has 0 radical (unpaired) electrons. The summed E-state index contributed by atoms with van der Waals surface area (Å²) in [7, 11) is 0. The predicted molar refractivity (Wildman–Crippen MR) is 85.9 cm³/mol. The second-order valence-electron chi connectivity index (χ2n) is 6.63. The lowest BCUT2D eigenvalue weighted by Crippen LogP contribution is -2.34. The summed E-state index contributed by atoms with van der Waals surface area (Å²) in [5, 5.41) is 3.50. The van der Waals surface area contributed by atoms with Crippen LogP contribution in [-0.2, 0) is 6.42 Å². The fraction of sp³-hybridized carbons (Fsp3) is 0.647. The van der Waals surface area contributed by atoms with Gasteiger partial charge in [0.1, 0.15) is 0 Å². The monoisotopic (exact) mass is 351 g/mol.